The number of rotatable bonds is 5. The average molecular weight is 571 g/mol. The molecule has 6 rings (SSSR count). The standard InChI is InChI=1S/C37H38N4O2/c1-22(2)31-23(3)14-19-29-33(31)39-35(40(29)7)25-15-18-28-30(20-25)41(21-38-28)34-27(37(4,5)6)17-16-26(32(34)36(42)43-8)24-12-10-9-11-13-24/h9-22H,1-8H3. The summed E-state index contributed by atoms with van der Waals surface area (Å²) in [6, 6.07) is 24.7. The maximum absolute atomic E-state index is 13.6. The molecule has 0 aliphatic carbocycles. The highest BCUT2D eigenvalue weighted by atomic mass is 16.5. The molecule has 2 aromatic heterocycles. The van der Waals surface area contributed by atoms with E-state index in [-0.39, 0.29) is 11.4 Å². The Morgan fingerprint density at radius 1 is 0.907 bits per heavy atom. The molecule has 6 nitrogen and oxygen atoms in total. The molecule has 0 fully saturated rings. The molecule has 0 N–H and O–H groups in total. The summed E-state index contributed by atoms with van der Waals surface area (Å²) >= 11 is 0. The lowest BCUT2D eigenvalue weighted by Gasteiger charge is -2.27. The lowest BCUT2D eigenvalue weighted by atomic mass is 9.82. The van der Waals surface area contributed by atoms with Gasteiger partial charge < -0.3 is 9.30 Å². The first kappa shape index (κ1) is 28.4. The van der Waals surface area contributed by atoms with Crippen molar-refractivity contribution < 1.29 is 9.53 Å². The van der Waals surface area contributed by atoms with Crippen LogP contribution in [0.1, 0.15) is 67.6 Å². The number of nitrogens with zero attached hydrogens (tertiary/aromatic N) is 4. The quantitative estimate of drug-likeness (QED) is 0.194. The molecule has 43 heavy (non-hydrogen) atoms. The highest BCUT2D eigenvalue weighted by molar-refractivity contribution is 6.02. The molecule has 0 atom stereocenters. The van der Waals surface area contributed by atoms with E-state index in [1.54, 1.807) is 0 Å². The van der Waals surface area contributed by atoms with E-state index in [1.165, 1.54) is 18.2 Å². The summed E-state index contributed by atoms with van der Waals surface area (Å²) in [5, 5.41) is 0. The number of hydrogen-bond acceptors (Lipinski definition) is 4. The van der Waals surface area contributed by atoms with E-state index in [9.17, 15) is 4.79 Å². The molecule has 2 heterocycles. The summed E-state index contributed by atoms with van der Waals surface area (Å²) in [6.07, 6.45) is 1.81. The van der Waals surface area contributed by atoms with Gasteiger partial charge in [0, 0.05) is 12.6 Å². The summed E-state index contributed by atoms with van der Waals surface area (Å²) in [5.41, 5.74) is 11.2. The molecule has 4 aromatic carbocycles. The van der Waals surface area contributed by atoms with Crippen molar-refractivity contribution in [2.24, 2.45) is 7.05 Å². The monoisotopic (exact) mass is 570 g/mol. The first-order valence-corrected chi connectivity index (χ1v) is 14.8. The number of aryl methyl sites for hydroxylation is 2. The molecule has 6 aromatic rings. The maximum Gasteiger partial charge on any atom is 0.340 e. The maximum atomic E-state index is 13.6. The minimum atomic E-state index is -0.384. The summed E-state index contributed by atoms with van der Waals surface area (Å²) in [6.45, 7) is 13.1. The van der Waals surface area contributed by atoms with Crippen LogP contribution in [-0.2, 0) is 17.2 Å². The van der Waals surface area contributed by atoms with Crippen LogP contribution < -0.4 is 0 Å². The molecule has 0 saturated heterocycles. The van der Waals surface area contributed by atoms with Gasteiger partial charge in [0.25, 0.3) is 0 Å². The molecule has 0 radical (unpaired) electrons. The van der Waals surface area contributed by atoms with Gasteiger partial charge in [-0.1, -0.05) is 83.1 Å². The second kappa shape index (κ2) is 10.5. The highest BCUT2D eigenvalue weighted by Crippen LogP contribution is 2.39. The largest absolute Gasteiger partial charge is 0.465 e. The van der Waals surface area contributed by atoms with Crippen molar-refractivity contribution in [1.29, 1.82) is 0 Å². The van der Waals surface area contributed by atoms with Gasteiger partial charge in [-0.3, -0.25) is 4.57 Å². The van der Waals surface area contributed by atoms with Crippen molar-refractivity contribution in [3.63, 3.8) is 0 Å². The molecule has 0 spiro atoms. The molecule has 218 valence electrons. The minimum absolute atomic E-state index is 0.260. The van der Waals surface area contributed by atoms with E-state index < -0.39 is 0 Å². The number of benzene rings is 4. The van der Waals surface area contributed by atoms with Crippen LogP contribution in [0.5, 0.6) is 0 Å². The zero-order valence-corrected chi connectivity index (χ0v) is 26.2. The van der Waals surface area contributed by atoms with Gasteiger partial charge in [-0.15, -0.1) is 0 Å². The van der Waals surface area contributed by atoms with Gasteiger partial charge in [-0.2, -0.15) is 0 Å². The number of ether oxygens (including phenoxy) is 1. The van der Waals surface area contributed by atoms with Crippen LogP contribution >= 0.6 is 0 Å². The van der Waals surface area contributed by atoms with Crippen molar-refractivity contribution in [2.45, 2.75) is 52.9 Å². The Hall–Kier alpha value is -4.71. The van der Waals surface area contributed by atoms with Gasteiger partial charge in [0.15, 0.2) is 0 Å². The fourth-order valence-electron chi connectivity index (χ4n) is 6.31. The Morgan fingerprint density at radius 2 is 1.65 bits per heavy atom. The van der Waals surface area contributed by atoms with Crippen LogP contribution in [-0.4, -0.2) is 32.2 Å². The zero-order chi connectivity index (χ0) is 30.6. The Balaban J connectivity index is 1.64. The molecule has 0 bridgehead atoms. The van der Waals surface area contributed by atoms with Crippen molar-refractivity contribution in [2.75, 3.05) is 7.11 Å². The SMILES string of the molecule is COC(=O)c1c(-c2ccccc2)ccc(C(C)(C)C)c1-n1cnc2ccc(-c3nc4c(C(C)C)c(C)ccc4n3C)cc21. The third-order valence-electron chi connectivity index (χ3n) is 8.39. The Morgan fingerprint density at radius 3 is 2.33 bits per heavy atom. The topological polar surface area (TPSA) is 61.9 Å². The van der Waals surface area contributed by atoms with Gasteiger partial charge in [0.05, 0.1) is 40.4 Å². The summed E-state index contributed by atoms with van der Waals surface area (Å²) in [4.78, 5) is 23.6. The van der Waals surface area contributed by atoms with Crippen molar-refractivity contribution in [3.8, 4) is 28.2 Å². The molecular weight excluding hydrogens is 532 g/mol. The third-order valence-corrected chi connectivity index (χ3v) is 8.39. The van der Waals surface area contributed by atoms with E-state index in [2.05, 4.69) is 83.5 Å². The van der Waals surface area contributed by atoms with Crippen molar-refractivity contribution >= 4 is 28.0 Å². The fraction of sp³-hybridized carbons (Fsp3) is 0.270. The Labute approximate surface area is 253 Å². The molecule has 0 aliphatic heterocycles. The van der Waals surface area contributed by atoms with E-state index in [0.29, 0.717) is 11.5 Å². The van der Waals surface area contributed by atoms with Gasteiger partial charge in [-0.05, 0) is 70.3 Å². The predicted octanol–water partition coefficient (Wildman–Crippen LogP) is 8.76. The number of esters is 1. The smallest absolute Gasteiger partial charge is 0.340 e. The molecule has 0 saturated carbocycles. The number of hydrogen-bond donors (Lipinski definition) is 0. The number of imidazole rings is 2. The first-order valence-electron chi connectivity index (χ1n) is 14.8. The zero-order valence-electron chi connectivity index (χ0n) is 26.2. The number of carbonyl (C=O) groups excluding carboxylic acids is 1. The molecule has 0 unspecified atom stereocenters. The highest BCUT2D eigenvalue weighted by Gasteiger charge is 2.29. The molecule has 0 amide bonds. The molecule has 6 heteroatoms. The lowest BCUT2D eigenvalue weighted by molar-refractivity contribution is 0.0601. The van der Waals surface area contributed by atoms with Crippen LogP contribution in [0.25, 0.3) is 50.3 Å². The van der Waals surface area contributed by atoms with Crippen LogP contribution in [0.2, 0.25) is 0 Å². The van der Waals surface area contributed by atoms with Crippen LogP contribution in [0, 0.1) is 6.92 Å². The van der Waals surface area contributed by atoms with E-state index in [0.717, 1.165) is 55.8 Å². The summed E-state index contributed by atoms with van der Waals surface area (Å²) in [7, 11) is 3.51. The van der Waals surface area contributed by atoms with Crippen LogP contribution in [0.15, 0.2) is 79.1 Å². The fourth-order valence-corrected chi connectivity index (χ4v) is 6.31. The van der Waals surface area contributed by atoms with Crippen LogP contribution in [0.4, 0.5) is 0 Å². The van der Waals surface area contributed by atoms with Gasteiger partial charge >= 0.3 is 5.97 Å². The summed E-state index contributed by atoms with van der Waals surface area (Å²) < 4.78 is 9.63. The second-order valence-corrected chi connectivity index (χ2v) is 12.6. The Bertz CT molecular complexity index is 2010. The number of methoxy groups -OCH3 is 1. The van der Waals surface area contributed by atoms with Crippen molar-refractivity contribution in [1.82, 2.24) is 19.1 Å². The third kappa shape index (κ3) is 4.71. The average Bonchev–Trinajstić information content (AvgIpc) is 3.55. The molecule has 0 aliphatic rings. The first-order chi connectivity index (χ1) is 20.5. The van der Waals surface area contributed by atoms with E-state index >= 15 is 0 Å². The van der Waals surface area contributed by atoms with E-state index in [1.807, 2.05) is 53.4 Å². The number of fused-ring (bicyclic) bond motifs is 2. The molecular formula is C37H38N4O2. The summed E-state index contributed by atoms with van der Waals surface area (Å²) in [5.74, 6) is 0.865. The van der Waals surface area contributed by atoms with Gasteiger partial charge in [-0.25, -0.2) is 14.8 Å². The number of aromatic nitrogens is 4. The van der Waals surface area contributed by atoms with Gasteiger partial charge in [0.1, 0.15) is 12.2 Å². The predicted molar refractivity (Wildman–Crippen MR) is 175 cm³/mol. The van der Waals surface area contributed by atoms with Crippen molar-refractivity contribution in [3.05, 3.63) is 101 Å². The van der Waals surface area contributed by atoms with Crippen LogP contribution in [0.3, 0.4) is 0 Å². The van der Waals surface area contributed by atoms with Gasteiger partial charge in [0.2, 0.25) is 0 Å². The lowest BCUT2D eigenvalue weighted by Crippen LogP contribution is -2.19. The number of carbonyl (C=O) groups is 1. The normalized spacial score (nSPS) is 12.0. The Kier molecular flexibility index (Phi) is 6.96. The van der Waals surface area contributed by atoms with E-state index in [4.69, 9.17) is 14.7 Å². The minimum Gasteiger partial charge on any atom is -0.465 e. The second-order valence-electron chi connectivity index (χ2n) is 12.6.